The van der Waals surface area contributed by atoms with Crippen molar-refractivity contribution < 1.29 is 14.3 Å². The number of piperidine rings is 1. The fourth-order valence-corrected chi connectivity index (χ4v) is 5.01. The molecule has 1 atom stereocenters. The molecule has 1 aliphatic heterocycles. The van der Waals surface area contributed by atoms with E-state index in [0.29, 0.717) is 34.1 Å². The first-order valence-electron chi connectivity index (χ1n) is 11.8. The average Bonchev–Trinajstić information content (AvgIpc) is 2.89. The van der Waals surface area contributed by atoms with Gasteiger partial charge in [0.15, 0.2) is 11.5 Å². The van der Waals surface area contributed by atoms with Crippen molar-refractivity contribution >= 4 is 28.4 Å². The minimum absolute atomic E-state index is 0.0168. The fourth-order valence-electron chi connectivity index (χ4n) is 4.81. The van der Waals surface area contributed by atoms with Crippen LogP contribution >= 0.6 is 11.6 Å². The van der Waals surface area contributed by atoms with Crippen LogP contribution in [-0.4, -0.2) is 46.7 Å². The smallest absolute Gasteiger partial charge is 0.332 e. The Kier molecular flexibility index (Phi) is 7.50. The lowest BCUT2D eigenvalue weighted by atomic mass is 10.00. The van der Waals surface area contributed by atoms with Crippen molar-refractivity contribution in [2.45, 2.75) is 51.7 Å². The number of hydrogen-bond acceptors (Lipinski definition) is 5. The maximum absolute atomic E-state index is 13.7. The second kappa shape index (κ2) is 10.6. The molecule has 35 heavy (non-hydrogen) atoms. The van der Waals surface area contributed by atoms with Crippen LogP contribution in [-0.2, 0) is 17.9 Å². The molecule has 0 aliphatic carbocycles. The van der Waals surface area contributed by atoms with Crippen LogP contribution < -0.4 is 20.7 Å². The number of rotatable bonds is 7. The highest BCUT2D eigenvalue weighted by Gasteiger charge is 2.27. The number of ether oxygens (including phenoxy) is 2. The summed E-state index contributed by atoms with van der Waals surface area (Å²) in [6, 6.07) is 10.3. The van der Waals surface area contributed by atoms with Crippen LogP contribution in [0, 0.1) is 0 Å². The predicted molar refractivity (Wildman–Crippen MR) is 136 cm³/mol. The quantitative estimate of drug-likeness (QED) is 0.495. The van der Waals surface area contributed by atoms with Crippen LogP contribution in [0.1, 0.15) is 38.2 Å². The van der Waals surface area contributed by atoms with E-state index in [1.807, 2.05) is 4.90 Å². The van der Waals surface area contributed by atoms with Crippen molar-refractivity contribution in [1.82, 2.24) is 14.0 Å². The lowest BCUT2D eigenvalue weighted by Crippen LogP contribution is -2.47. The summed E-state index contributed by atoms with van der Waals surface area (Å²) in [7, 11) is 2.96. The Hall–Kier alpha value is -3.26. The van der Waals surface area contributed by atoms with Gasteiger partial charge in [-0.25, -0.2) is 4.79 Å². The minimum atomic E-state index is -0.576. The summed E-state index contributed by atoms with van der Waals surface area (Å²) in [6.45, 7) is 2.54. The third-order valence-corrected chi connectivity index (χ3v) is 7.10. The van der Waals surface area contributed by atoms with E-state index >= 15 is 0 Å². The van der Waals surface area contributed by atoms with E-state index in [1.165, 1.54) is 18.8 Å². The third kappa shape index (κ3) is 4.80. The number of amides is 1. The number of aromatic nitrogens is 2. The van der Waals surface area contributed by atoms with E-state index in [1.54, 1.807) is 36.4 Å². The fraction of sp³-hybridized carbons (Fsp3) is 0.423. The summed E-state index contributed by atoms with van der Waals surface area (Å²) in [4.78, 5) is 42.5. The van der Waals surface area contributed by atoms with Gasteiger partial charge in [0.2, 0.25) is 5.91 Å². The van der Waals surface area contributed by atoms with Gasteiger partial charge in [0.05, 0.1) is 31.7 Å². The van der Waals surface area contributed by atoms with Gasteiger partial charge < -0.3 is 14.4 Å². The summed E-state index contributed by atoms with van der Waals surface area (Å²) in [6.07, 6.45) is 3.84. The van der Waals surface area contributed by atoms with E-state index in [4.69, 9.17) is 21.1 Å². The molecule has 2 heterocycles. The molecule has 0 radical (unpaired) electrons. The maximum atomic E-state index is 13.7. The molecule has 4 rings (SSSR count). The number of carbonyl (C=O) groups is 1. The van der Waals surface area contributed by atoms with Crippen molar-refractivity contribution in [3.8, 4) is 11.5 Å². The van der Waals surface area contributed by atoms with Crippen LogP contribution in [0.5, 0.6) is 11.5 Å². The monoisotopic (exact) mass is 499 g/mol. The van der Waals surface area contributed by atoms with Crippen LogP contribution in [0.25, 0.3) is 10.9 Å². The Morgan fingerprint density at radius 3 is 2.46 bits per heavy atom. The van der Waals surface area contributed by atoms with Gasteiger partial charge in [-0.3, -0.25) is 18.7 Å². The standard InChI is InChI=1S/C26H30ClN3O5/c1-4-18-10-7-8-12-28(18)24(31)16-29-21-14-23(35-3)22(34-2)13-19(21)25(32)30(26(29)33)15-17-9-5-6-11-20(17)27/h5-6,9,11,13-14,18H,4,7-8,10,12,15-16H2,1-3H3/t18-/m0/s1. The van der Waals surface area contributed by atoms with Crippen LogP contribution in [0.2, 0.25) is 5.02 Å². The zero-order valence-electron chi connectivity index (χ0n) is 20.3. The second-order valence-electron chi connectivity index (χ2n) is 8.72. The number of likely N-dealkylation sites (tertiary alicyclic amines) is 1. The van der Waals surface area contributed by atoms with Gasteiger partial charge in [-0.1, -0.05) is 36.7 Å². The van der Waals surface area contributed by atoms with Gasteiger partial charge in [-0.15, -0.1) is 0 Å². The number of carbonyl (C=O) groups excluding carboxylic acids is 1. The molecule has 1 amide bonds. The van der Waals surface area contributed by atoms with Crippen molar-refractivity contribution in [1.29, 1.82) is 0 Å². The first-order chi connectivity index (χ1) is 16.9. The van der Waals surface area contributed by atoms with Crippen LogP contribution in [0.15, 0.2) is 46.0 Å². The highest BCUT2D eigenvalue weighted by atomic mass is 35.5. The summed E-state index contributed by atoms with van der Waals surface area (Å²) in [5.74, 6) is 0.589. The first-order valence-corrected chi connectivity index (χ1v) is 12.2. The molecule has 9 heteroatoms. The number of hydrogen-bond donors (Lipinski definition) is 0. The Bertz CT molecular complexity index is 1360. The molecule has 8 nitrogen and oxygen atoms in total. The summed E-state index contributed by atoms with van der Waals surface area (Å²) >= 11 is 6.32. The van der Waals surface area contributed by atoms with E-state index in [0.717, 1.165) is 30.3 Å². The van der Waals surface area contributed by atoms with Gasteiger partial charge in [0, 0.05) is 23.7 Å². The van der Waals surface area contributed by atoms with Gasteiger partial charge >= 0.3 is 5.69 Å². The lowest BCUT2D eigenvalue weighted by molar-refractivity contribution is -0.135. The molecule has 3 aromatic rings. The van der Waals surface area contributed by atoms with Gasteiger partial charge in [-0.2, -0.15) is 0 Å². The van der Waals surface area contributed by atoms with Crippen LogP contribution in [0.3, 0.4) is 0 Å². The molecule has 0 unspecified atom stereocenters. The zero-order chi connectivity index (χ0) is 25.1. The highest BCUT2D eigenvalue weighted by molar-refractivity contribution is 6.31. The molecule has 0 bridgehead atoms. The molecule has 1 saturated heterocycles. The van der Waals surface area contributed by atoms with E-state index in [9.17, 15) is 14.4 Å². The molecule has 0 saturated carbocycles. The van der Waals surface area contributed by atoms with E-state index < -0.39 is 11.2 Å². The minimum Gasteiger partial charge on any atom is -0.493 e. The second-order valence-corrected chi connectivity index (χ2v) is 9.13. The normalized spacial score (nSPS) is 15.9. The lowest BCUT2D eigenvalue weighted by Gasteiger charge is -2.35. The number of fused-ring (bicyclic) bond motifs is 1. The van der Waals surface area contributed by atoms with Crippen molar-refractivity contribution in [2.24, 2.45) is 0 Å². The molecule has 1 aromatic heterocycles. The predicted octanol–water partition coefficient (Wildman–Crippen LogP) is 3.67. The van der Waals surface area contributed by atoms with Crippen molar-refractivity contribution in [2.75, 3.05) is 20.8 Å². The first kappa shape index (κ1) is 24.9. The van der Waals surface area contributed by atoms with Gasteiger partial charge in [0.25, 0.3) is 5.56 Å². The number of methoxy groups -OCH3 is 2. The topological polar surface area (TPSA) is 82.8 Å². The largest absolute Gasteiger partial charge is 0.493 e. The zero-order valence-corrected chi connectivity index (χ0v) is 21.0. The Labute approximate surface area is 208 Å². The summed E-state index contributed by atoms with van der Waals surface area (Å²) in [5, 5.41) is 0.709. The molecule has 0 N–H and O–H groups in total. The molecular weight excluding hydrogens is 470 g/mol. The van der Waals surface area contributed by atoms with E-state index in [2.05, 4.69) is 6.92 Å². The number of nitrogens with zero attached hydrogens (tertiary/aromatic N) is 3. The summed E-state index contributed by atoms with van der Waals surface area (Å²) in [5.41, 5.74) is -0.105. The molecule has 1 fully saturated rings. The third-order valence-electron chi connectivity index (χ3n) is 6.73. The average molecular weight is 500 g/mol. The highest BCUT2D eigenvalue weighted by Crippen LogP contribution is 2.31. The molecule has 0 spiro atoms. The van der Waals surface area contributed by atoms with E-state index in [-0.39, 0.29) is 30.4 Å². The van der Waals surface area contributed by atoms with Crippen LogP contribution in [0.4, 0.5) is 0 Å². The molecule has 186 valence electrons. The molecule has 1 aliphatic rings. The van der Waals surface area contributed by atoms with Crippen molar-refractivity contribution in [3.05, 3.63) is 67.8 Å². The van der Waals surface area contributed by atoms with Crippen molar-refractivity contribution in [3.63, 3.8) is 0 Å². The maximum Gasteiger partial charge on any atom is 0.332 e. The van der Waals surface area contributed by atoms with Gasteiger partial charge in [0.1, 0.15) is 6.54 Å². The Balaban J connectivity index is 1.89. The Morgan fingerprint density at radius 1 is 1.06 bits per heavy atom. The Morgan fingerprint density at radius 2 is 1.77 bits per heavy atom. The number of halogens is 1. The number of benzene rings is 2. The summed E-state index contributed by atoms with van der Waals surface area (Å²) < 4.78 is 13.3. The molecular formula is C26H30ClN3O5. The van der Waals surface area contributed by atoms with Gasteiger partial charge in [-0.05, 0) is 43.4 Å². The SMILES string of the molecule is CC[C@H]1CCCCN1C(=O)Cn1c(=O)n(Cc2ccccc2Cl)c(=O)c2cc(OC)c(OC)cc21. The molecule has 2 aromatic carbocycles.